The number of esters is 3. The lowest BCUT2D eigenvalue weighted by molar-refractivity contribution is -0.156. The van der Waals surface area contributed by atoms with Crippen molar-refractivity contribution < 1.29 is 28.6 Å². The zero-order chi connectivity index (χ0) is 38.7. The summed E-state index contributed by atoms with van der Waals surface area (Å²) in [5.41, 5.74) is 3.24. The van der Waals surface area contributed by atoms with E-state index in [4.69, 9.17) is 14.2 Å². The van der Waals surface area contributed by atoms with Crippen LogP contribution in [0.1, 0.15) is 119 Å². The van der Waals surface area contributed by atoms with Gasteiger partial charge in [-0.2, -0.15) is 0 Å². The van der Waals surface area contributed by atoms with Gasteiger partial charge in [-0.1, -0.05) is 91.0 Å². The maximum absolute atomic E-state index is 14.0. The van der Waals surface area contributed by atoms with Crippen molar-refractivity contribution in [2.45, 2.75) is 157 Å². The number of carbonyl (C=O) groups excluding carboxylic acids is 3. The van der Waals surface area contributed by atoms with Crippen LogP contribution in [0.3, 0.4) is 0 Å². The summed E-state index contributed by atoms with van der Waals surface area (Å²) in [6, 6.07) is 32.3. The Hall–Kier alpha value is -4.31. The summed E-state index contributed by atoms with van der Waals surface area (Å²) in [7, 11) is 0. The summed E-state index contributed by atoms with van der Waals surface area (Å²) >= 11 is 0. The van der Waals surface area contributed by atoms with Crippen LogP contribution < -0.4 is 5.32 Å². The maximum atomic E-state index is 14.0. The fourth-order valence-electron chi connectivity index (χ4n) is 11.5. The summed E-state index contributed by atoms with van der Waals surface area (Å²) in [4.78, 5) is 45.5. The maximum Gasteiger partial charge on any atom is 0.331 e. The fraction of sp³-hybridized carbons (Fsp3) is 0.521. The zero-order valence-corrected chi connectivity index (χ0v) is 32.9. The van der Waals surface area contributed by atoms with Crippen molar-refractivity contribution in [3.05, 3.63) is 114 Å². The number of nitrogens with one attached hydrogen (secondary N) is 1. The van der Waals surface area contributed by atoms with Gasteiger partial charge in [0.15, 0.2) is 0 Å². The predicted octanol–water partition coefficient (Wildman–Crippen LogP) is 7.87. The molecule has 0 radical (unpaired) electrons. The number of piperidine rings is 3. The van der Waals surface area contributed by atoms with Gasteiger partial charge >= 0.3 is 17.9 Å². The lowest BCUT2D eigenvalue weighted by Crippen LogP contribution is -2.49. The van der Waals surface area contributed by atoms with E-state index in [1.54, 1.807) is 6.08 Å². The Morgan fingerprint density at radius 1 is 0.544 bits per heavy atom. The van der Waals surface area contributed by atoms with Crippen molar-refractivity contribution in [2.75, 3.05) is 0 Å². The van der Waals surface area contributed by atoms with Crippen LogP contribution in [0.5, 0.6) is 0 Å². The first-order valence-corrected chi connectivity index (χ1v) is 21.7. The second-order valence-corrected chi connectivity index (χ2v) is 17.5. The van der Waals surface area contributed by atoms with E-state index in [1.165, 1.54) is 18.9 Å². The van der Waals surface area contributed by atoms with E-state index in [1.807, 2.05) is 54.6 Å². The molecule has 6 aliphatic rings. The molecular formula is C48H57N3O6. The van der Waals surface area contributed by atoms with Crippen molar-refractivity contribution in [2.24, 2.45) is 0 Å². The van der Waals surface area contributed by atoms with Gasteiger partial charge in [0.1, 0.15) is 18.3 Å². The lowest BCUT2D eigenvalue weighted by Gasteiger charge is -2.44. The third kappa shape index (κ3) is 8.91. The largest absolute Gasteiger partial charge is 0.462 e. The van der Waals surface area contributed by atoms with Gasteiger partial charge in [0.2, 0.25) is 0 Å². The second kappa shape index (κ2) is 17.3. The molecule has 9 heteroatoms. The van der Waals surface area contributed by atoms with Crippen LogP contribution >= 0.6 is 0 Å². The standard InChI is InChI=1S/C48H57N3O6/c52-46(23-16-32-10-4-1-5-11-32)55-42-26-37-19-20-38(27-42)50(37)45(34-14-8-3-9-15-34)31-48(54)57-43-28-39-21-22-40(29-43)51(39)44(33-12-6-2-7-13-33)30-47(53)56-41-24-35-17-18-36(25-41)49-35/h1-16,23,35-45,49H,17-22,24-31H2/b23-16+. The van der Waals surface area contributed by atoms with Crippen molar-refractivity contribution >= 4 is 24.0 Å². The lowest BCUT2D eigenvalue weighted by atomic mass is 9.92. The molecule has 0 aromatic heterocycles. The first-order valence-electron chi connectivity index (χ1n) is 21.7. The van der Waals surface area contributed by atoms with Crippen molar-refractivity contribution in [3.63, 3.8) is 0 Å². The van der Waals surface area contributed by atoms with Gasteiger partial charge in [-0.15, -0.1) is 0 Å². The highest BCUT2D eigenvalue weighted by atomic mass is 16.6. The second-order valence-electron chi connectivity index (χ2n) is 17.5. The molecule has 6 bridgehead atoms. The summed E-state index contributed by atoms with van der Waals surface area (Å²) in [5, 5.41) is 3.65. The molecular weight excluding hydrogens is 715 g/mol. The molecule has 8 unspecified atom stereocenters. The van der Waals surface area contributed by atoms with Crippen LogP contribution in [0.2, 0.25) is 0 Å². The number of rotatable bonds is 13. The molecule has 6 heterocycles. The molecule has 0 saturated carbocycles. The molecule has 300 valence electrons. The number of ether oxygens (including phenoxy) is 3. The number of fused-ring (bicyclic) bond motifs is 6. The minimum atomic E-state index is -0.307. The van der Waals surface area contributed by atoms with Crippen LogP contribution in [-0.4, -0.2) is 82.3 Å². The molecule has 3 aromatic rings. The van der Waals surface area contributed by atoms with E-state index in [0.29, 0.717) is 18.5 Å². The first kappa shape index (κ1) is 38.2. The fourth-order valence-corrected chi connectivity index (χ4v) is 11.5. The Morgan fingerprint density at radius 3 is 1.40 bits per heavy atom. The summed E-state index contributed by atoms with van der Waals surface area (Å²) in [5.74, 6) is -0.565. The van der Waals surface area contributed by atoms with Gasteiger partial charge in [-0.25, -0.2) is 4.79 Å². The van der Waals surface area contributed by atoms with Gasteiger partial charge in [0, 0.05) is 80.1 Å². The van der Waals surface area contributed by atoms with Gasteiger partial charge in [0.05, 0.1) is 12.8 Å². The molecule has 1 N–H and O–H groups in total. The van der Waals surface area contributed by atoms with Crippen LogP contribution in [0, 0.1) is 0 Å². The minimum Gasteiger partial charge on any atom is -0.462 e. The summed E-state index contributed by atoms with van der Waals surface area (Å²) in [6.07, 6.45) is 15.0. The smallest absolute Gasteiger partial charge is 0.331 e. The summed E-state index contributed by atoms with van der Waals surface area (Å²) < 4.78 is 18.6. The monoisotopic (exact) mass is 771 g/mol. The van der Waals surface area contributed by atoms with Crippen LogP contribution in [-0.2, 0) is 28.6 Å². The van der Waals surface area contributed by atoms with Gasteiger partial charge in [-0.05, 0) is 74.1 Å². The molecule has 0 amide bonds. The Bertz CT molecular complexity index is 1830. The molecule has 0 aliphatic carbocycles. The number of hydrogen-bond donors (Lipinski definition) is 1. The van der Waals surface area contributed by atoms with E-state index in [2.05, 4.69) is 51.5 Å². The number of nitrogens with zero attached hydrogens (tertiary/aromatic N) is 2. The quantitative estimate of drug-likeness (QED) is 0.106. The van der Waals surface area contributed by atoms with E-state index >= 15 is 0 Å². The van der Waals surface area contributed by atoms with Crippen molar-refractivity contribution in [1.29, 1.82) is 0 Å². The predicted molar refractivity (Wildman–Crippen MR) is 218 cm³/mol. The molecule has 6 fully saturated rings. The number of hydrogen-bond acceptors (Lipinski definition) is 9. The van der Waals surface area contributed by atoms with E-state index in [9.17, 15) is 14.4 Å². The topological polar surface area (TPSA) is 97.4 Å². The van der Waals surface area contributed by atoms with Crippen molar-refractivity contribution in [3.8, 4) is 0 Å². The van der Waals surface area contributed by atoms with Crippen LogP contribution in [0.4, 0.5) is 0 Å². The van der Waals surface area contributed by atoms with Crippen LogP contribution in [0.25, 0.3) is 6.08 Å². The highest BCUT2D eigenvalue weighted by molar-refractivity contribution is 5.87. The highest BCUT2D eigenvalue weighted by Gasteiger charge is 2.48. The molecule has 9 nitrogen and oxygen atoms in total. The van der Waals surface area contributed by atoms with Gasteiger partial charge in [0.25, 0.3) is 0 Å². The highest BCUT2D eigenvalue weighted by Crippen LogP contribution is 2.46. The summed E-state index contributed by atoms with van der Waals surface area (Å²) in [6.45, 7) is 0. The average Bonchev–Trinajstić information content (AvgIpc) is 3.80. The SMILES string of the molecule is O=C(/C=C/c1ccccc1)OC1CC2CCC(C1)N2C(CC(=O)OC1CC2CCC(C1)N2C(CC(=O)OC1CC2CCC(C1)N2)c1ccccc1)c1ccccc1. The Labute approximate surface area is 337 Å². The Balaban J connectivity index is 0.831. The Morgan fingerprint density at radius 2 is 0.947 bits per heavy atom. The van der Waals surface area contributed by atoms with E-state index in [0.717, 1.165) is 80.9 Å². The molecule has 6 aliphatic heterocycles. The molecule has 8 atom stereocenters. The first-order chi connectivity index (χ1) is 27.9. The third-order valence-electron chi connectivity index (χ3n) is 13.8. The van der Waals surface area contributed by atoms with E-state index < -0.39 is 0 Å². The number of benzene rings is 3. The molecule has 3 aromatic carbocycles. The zero-order valence-electron chi connectivity index (χ0n) is 32.9. The van der Waals surface area contributed by atoms with Crippen LogP contribution in [0.15, 0.2) is 97.1 Å². The third-order valence-corrected chi connectivity index (χ3v) is 13.8. The molecule has 57 heavy (non-hydrogen) atoms. The normalized spacial score (nSPS) is 31.8. The average molecular weight is 772 g/mol. The number of carbonyl (C=O) groups is 3. The molecule has 0 spiro atoms. The van der Waals surface area contributed by atoms with Gasteiger partial charge in [-0.3, -0.25) is 19.4 Å². The van der Waals surface area contributed by atoms with E-state index in [-0.39, 0.29) is 78.9 Å². The van der Waals surface area contributed by atoms with Gasteiger partial charge < -0.3 is 19.5 Å². The molecule has 9 rings (SSSR count). The Kier molecular flexibility index (Phi) is 11.6. The van der Waals surface area contributed by atoms with Crippen molar-refractivity contribution in [1.82, 2.24) is 15.1 Å². The minimum absolute atomic E-state index is 0.000870. The molecule has 6 saturated heterocycles.